The van der Waals surface area contributed by atoms with Gasteiger partial charge in [-0.05, 0) is 18.1 Å². The van der Waals surface area contributed by atoms with Gasteiger partial charge in [-0.1, -0.05) is 6.07 Å². The van der Waals surface area contributed by atoms with Crippen molar-refractivity contribution in [2.75, 3.05) is 0 Å². The van der Waals surface area contributed by atoms with Crippen LogP contribution in [0.3, 0.4) is 0 Å². The number of nitrogens with two attached hydrogens (primary N) is 1. The number of benzene rings is 1. The zero-order valence-electron chi connectivity index (χ0n) is 12.7. The number of carboxylic acid groups (broad SMARTS) is 1. The van der Waals surface area contributed by atoms with Crippen molar-refractivity contribution in [3.63, 3.8) is 0 Å². The van der Waals surface area contributed by atoms with Crippen LogP contribution >= 0.6 is 0 Å². The molecule has 3 aromatic rings. The van der Waals surface area contributed by atoms with Gasteiger partial charge in [-0.3, -0.25) is 14.9 Å². The Balaban J connectivity index is 0.000000208. The van der Waals surface area contributed by atoms with Crippen molar-refractivity contribution < 1.29 is 19.9 Å². The van der Waals surface area contributed by atoms with E-state index in [1.54, 1.807) is 12.5 Å². The number of nitro groups is 1. The van der Waals surface area contributed by atoms with Crippen LogP contribution in [0.1, 0.15) is 5.56 Å². The van der Waals surface area contributed by atoms with Crippen LogP contribution in [-0.4, -0.2) is 47.1 Å². The van der Waals surface area contributed by atoms with Gasteiger partial charge < -0.3 is 20.9 Å². The molecule has 0 saturated carbocycles. The third-order valence-electron chi connectivity index (χ3n) is 3.11. The number of fused-ring (bicyclic) bond motifs is 1. The molecule has 2 heterocycles. The quantitative estimate of drug-likeness (QED) is 0.388. The number of carboxylic acids is 1. The van der Waals surface area contributed by atoms with Crippen molar-refractivity contribution in [1.29, 1.82) is 0 Å². The number of nitrogens with one attached hydrogen (secondary N) is 1. The first-order chi connectivity index (χ1) is 11.9. The van der Waals surface area contributed by atoms with Crippen LogP contribution in [0.5, 0.6) is 5.75 Å². The first-order valence-corrected chi connectivity index (χ1v) is 6.92. The molecule has 1 unspecified atom stereocenters. The number of phenolic OH excluding ortho intramolecular Hbond substituents is 1. The Morgan fingerprint density at radius 1 is 1.40 bits per heavy atom. The third kappa shape index (κ3) is 4.68. The van der Waals surface area contributed by atoms with Crippen LogP contribution in [0.15, 0.2) is 37.1 Å². The number of rotatable bonds is 4. The lowest BCUT2D eigenvalue weighted by Crippen LogP contribution is -2.32. The summed E-state index contributed by atoms with van der Waals surface area (Å²) in [6.07, 6.45) is 4.73. The molecule has 0 aliphatic rings. The second kappa shape index (κ2) is 7.79. The van der Waals surface area contributed by atoms with Crippen LogP contribution in [0.4, 0.5) is 5.69 Å². The number of carbonyl (C=O) groups is 1. The predicted octanol–water partition coefficient (Wildman–Crippen LogP) is 0.608. The van der Waals surface area contributed by atoms with Crippen LogP contribution in [0.25, 0.3) is 11.2 Å². The second-order valence-corrected chi connectivity index (χ2v) is 4.89. The molecule has 0 aliphatic carbocycles. The number of aromatic nitrogens is 4. The van der Waals surface area contributed by atoms with Crippen molar-refractivity contribution in [3.8, 4) is 5.75 Å². The highest BCUT2D eigenvalue weighted by atomic mass is 16.6. The average Bonchev–Trinajstić information content (AvgIpc) is 3.05. The lowest BCUT2D eigenvalue weighted by Gasteiger charge is -2.06. The van der Waals surface area contributed by atoms with Gasteiger partial charge in [0, 0.05) is 6.07 Å². The Morgan fingerprint density at radius 2 is 2.16 bits per heavy atom. The van der Waals surface area contributed by atoms with E-state index in [9.17, 15) is 14.9 Å². The first kappa shape index (κ1) is 17.7. The Hall–Kier alpha value is -3.60. The minimum Gasteiger partial charge on any atom is -0.502 e. The Morgan fingerprint density at radius 3 is 2.80 bits per heavy atom. The Kier molecular flexibility index (Phi) is 5.53. The van der Waals surface area contributed by atoms with Gasteiger partial charge in [0.15, 0.2) is 11.4 Å². The van der Waals surface area contributed by atoms with Gasteiger partial charge >= 0.3 is 11.7 Å². The number of phenols is 1. The van der Waals surface area contributed by atoms with E-state index < -0.39 is 28.4 Å². The zero-order chi connectivity index (χ0) is 18.4. The minimum absolute atomic E-state index is 0.0313. The molecule has 5 N–H and O–H groups in total. The average molecular weight is 346 g/mol. The van der Waals surface area contributed by atoms with Crippen LogP contribution < -0.4 is 5.73 Å². The van der Waals surface area contributed by atoms with Crippen LogP contribution in [0, 0.1) is 10.1 Å². The molecule has 1 aromatic carbocycles. The van der Waals surface area contributed by atoms with E-state index in [0.717, 1.165) is 17.6 Å². The van der Waals surface area contributed by atoms with Crippen molar-refractivity contribution in [3.05, 3.63) is 52.7 Å². The lowest BCUT2D eigenvalue weighted by atomic mass is 10.1. The van der Waals surface area contributed by atoms with E-state index in [4.69, 9.17) is 15.9 Å². The first-order valence-electron chi connectivity index (χ1n) is 6.92. The van der Waals surface area contributed by atoms with Crippen molar-refractivity contribution >= 4 is 22.8 Å². The number of aliphatic carboxylic acids is 1. The molecule has 0 spiro atoms. The largest absolute Gasteiger partial charge is 0.502 e. The van der Waals surface area contributed by atoms with Crippen molar-refractivity contribution in [1.82, 2.24) is 19.9 Å². The van der Waals surface area contributed by atoms with E-state index in [1.807, 2.05) is 0 Å². The fourth-order valence-electron chi connectivity index (χ4n) is 1.87. The van der Waals surface area contributed by atoms with E-state index in [-0.39, 0.29) is 6.42 Å². The number of aromatic hydroxyl groups is 1. The van der Waals surface area contributed by atoms with E-state index >= 15 is 0 Å². The summed E-state index contributed by atoms with van der Waals surface area (Å²) in [5, 5.41) is 28.2. The minimum atomic E-state index is -1.18. The lowest BCUT2D eigenvalue weighted by molar-refractivity contribution is -0.385. The molecule has 2 aromatic heterocycles. The summed E-state index contributed by atoms with van der Waals surface area (Å²) in [5.74, 6) is -1.65. The smallest absolute Gasteiger partial charge is 0.320 e. The highest BCUT2D eigenvalue weighted by Crippen LogP contribution is 2.26. The molecule has 0 radical (unpaired) electrons. The fourth-order valence-corrected chi connectivity index (χ4v) is 1.87. The highest BCUT2D eigenvalue weighted by molar-refractivity contribution is 5.73. The van der Waals surface area contributed by atoms with E-state index in [1.165, 1.54) is 12.4 Å². The second-order valence-electron chi connectivity index (χ2n) is 4.89. The molecule has 0 bridgehead atoms. The number of imidazole rings is 1. The number of nitrogens with zero attached hydrogens (tertiary/aromatic N) is 4. The summed E-state index contributed by atoms with van der Waals surface area (Å²) in [4.78, 5) is 34.7. The van der Waals surface area contributed by atoms with Crippen molar-refractivity contribution in [2.24, 2.45) is 5.73 Å². The van der Waals surface area contributed by atoms with Crippen LogP contribution in [0.2, 0.25) is 0 Å². The van der Waals surface area contributed by atoms with Gasteiger partial charge in [-0.15, -0.1) is 0 Å². The molecule has 0 aliphatic heterocycles. The highest BCUT2D eigenvalue weighted by Gasteiger charge is 2.17. The van der Waals surface area contributed by atoms with E-state index in [2.05, 4.69) is 19.9 Å². The summed E-state index contributed by atoms with van der Waals surface area (Å²) in [6.45, 7) is 0. The predicted molar refractivity (Wildman–Crippen MR) is 85.8 cm³/mol. The van der Waals surface area contributed by atoms with Gasteiger partial charge in [0.25, 0.3) is 0 Å². The number of hydrogen-bond acceptors (Lipinski definition) is 8. The maximum Gasteiger partial charge on any atom is 0.320 e. The zero-order valence-corrected chi connectivity index (χ0v) is 12.7. The molecule has 25 heavy (non-hydrogen) atoms. The van der Waals surface area contributed by atoms with Gasteiger partial charge in [-0.25, -0.2) is 15.0 Å². The number of aromatic amines is 1. The fraction of sp³-hybridized carbons (Fsp3) is 0.143. The maximum absolute atomic E-state index is 10.5. The number of nitro benzene ring substituents is 1. The third-order valence-corrected chi connectivity index (χ3v) is 3.11. The van der Waals surface area contributed by atoms with Gasteiger partial charge in [0.2, 0.25) is 0 Å². The molecule has 11 nitrogen and oxygen atoms in total. The molecule has 0 saturated heterocycles. The van der Waals surface area contributed by atoms with E-state index in [0.29, 0.717) is 11.2 Å². The monoisotopic (exact) mass is 346 g/mol. The standard InChI is InChI=1S/C9H10N2O5.C5H4N4/c10-6(9(13)14)3-5-1-2-8(12)7(4-5)11(15)16;1-4-5(8-2-6-1)9-3-7-4/h1-2,4,6,12H,3,10H2,(H,13,14);1-3H,(H,6,7,8,9). The molecule has 11 heteroatoms. The summed E-state index contributed by atoms with van der Waals surface area (Å²) >= 11 is 0. The van der Waals surface area contributed by atoms with Gasteiger partial charge in [0.05, 0.1) is 17.4 Å². The molecule has 1 atom stereocenters. The summed E-state index contributed by atoms with van der Waals surface area (Å²) in [7, 11) is 0. The molecular formula is C14H14N6O5. The summed E-state index contributed by atoms with van der Waals surface area (Å²) in [5.41, 5.74) is 6.79. The Labute approximate surface area is 140 Å². The maximum atomic E-state index is 10.5. The molecule has 3 rings (SSSR count). The summed E-state index contributed by atoms with van der Waals surface area (Å²) in [6, 6.07) is 2.52. The molecule has 130 valence electrons. The van der Waals surface area contributed by atoms with Crippen molar-refractivity contribution in [2.45, 2.75) is 12.5 Å². The van der Waals surface area contributed by atoms with Gasteiger partial charge in [0.1, 0.15) is 17.9 Å². The van der Waals surface area contributed by atoms with Crippen LogP contribution in [-0.2, 0) is 11.2 Å². The molecular weight excluding hydrogens is 332 g/mol. The number of hydrogen-bond donors (Lipinski definition) is 4. The normalized spacial score (nSPS) is 11.4. The topological polar surface area (TPSA) is 181 Å². The summed E-state index contributed by atoms with van der Waals surface area (Å²) < 4.78 is 0. The van der Waals surface area contributed by atoms with Gasteiger partial charge in [-0.2, -0.15) is 0 Å². The Bertz CT molecular complexity index is 866. The molecule has 0 fully saturated rings. The SMILES string of the molecule is NC(Cc1ccc(O)c([N+](=O)[O-])c1)C(=O)O.c1ncc2[nH]cnc2n1. The molecule has 0 amide bonds. The number of H-pyrrole nitrogens is 1.